The van der Waals surface area contributed by atoms with Crippen LogP contribution in [-0.4, -0.2) is 17.6 Å². The van der Waals surface area contributed by atoms with Crippen molar-refractivity contribution >= 4 is 34.4 Å². The zero-order valence-corrected chi connectivity index (χ0v) is 11.2. The standard InChI is InChI=1S/C10H11F2IN2O2/c1-2-17-8(16)4-7-5(9(11)12)3-6(13)10(14)15-7/h3,9H,2,4H2,1H3,(H2,14,15). The molecule has 0 saturated heterocycles. The number of pyridine rings is 1. The van der Waals surface area contributed by atoms with Crippen LogP contribution >= 0.6 is 22.6 Å². The van der Waals surface area contributed by atoms with Gasteiger partial charge in [-0.15, -0.1) is 0 Å². The third kappa shape index (κ3) is 3.76. The van der Waals surface area contributed by atoms with Crippen molar-refractivity contribution in [3.63, 3.8) is 0 Å². The summed E-state index contributed by atoms with van der Waals surface area (Å²) in [7, 11) is 0. The largest absolute Gasteiger partial charge is 0.466 e. The van der Waals surface area contributed by atoms with E-state index in [0.717, 1.165) is 0 Å². The van der Waals surface area contributed by atoms with Crippen LogP contribution in [0.4, 0.5) is 14.6 Å². The summed E-state index contributed by atoms with van der Waals surface area (Å²) in [5, 5.41) is 0. The second-order valence-corrected chi connectivity index (χ2v) is 4.34. The molecule has 0 atom stereocenters. The number of nitrogens with zero attached hydrogens (tertiary/aromatic N) is 1. The normalized spacial score (nSPS) is 10.6. The third-order valence-corrected chi connectivity index (χ3v) is 2.83. The highest BCUT2D eigenvalue weighted by molar-refractivity contribution is 14.1. The summed E-state index contributed by atoms with van der Waals surface area (Å²) in [5.41, 5.74) is 5.21. The summed E-state index contributed by atoms with van der Waals surface area (Å²) >= 11 is 1.81. The van der Waals surface area contributed by atoms with Crippen LogP contribution in [-0.2, 0) is 16.0 Å². The Labute approximate surface area is 111 Å². The van der Waals surface area contributed by atoms with E-state index in [0.29, 0.717) is 3.57 Å². The van der Waals surface area contributed by atoms with Crippen molar-refractivity contribution in [1.82, 2.24) is 4.98 Å². The topological polar surface area (TPSA) is 65.2 Å². The van der Waals surface area contributed by atoms with Gasteiger partial charge >= 0.3 is 5.97 Å². The maximum Gasteiger partial charge on any atom is 0.311 e. The SMILES string of the molecule is CCOC(=O)Cc1nc(N)c(I)cc1C(F)F. The van der Waals surface area contributed by atoms with Crippen molar-refractivity contribution in [2.45, 2.75) is 19.8 Å². The lowest BCUT2D eigenvalue weighted by atomic mass is 10.1. The molecule has 1 aromatic rings. The van der Waals surface area contributed by atoms with E-state index in [4.69, 9.17) is 5.73 Å². The number of rotatable bonds is 4. The summed E-state index contributed by atoms with van der Waals surface area (Å²) in [6.45, 7) is 1.84. The molecule has 0 aliphatic carbocycles. The molecule has 0 spiro atoms. The molecule has 94 valence electrons. The Morgan fingerprint density at radius 2 is 2.29 bits per heavy atom. The minimum absolute atomic E-state index is 0.0311. The van der Waals surface area contributed by atoms with Gasteiger partial charge in [0.2, 0.25) is 0 Å². The zero-order chi connectivity index (χ0) is 13.0. The average molecular weight is 356 g/mol. The molecule has 17 heavy (non-hydrogen) atoms. The van der Waals surface area contributed by atoms with Crippen LogP contribution in [0.5, 0.6) is 0 Å². The van der Waals surface area contributed by atoms with Crippen molar-refractivity contribution in [3.8, 4) is 0 Å². The highest BCUT2D eigenvalue weighted by Crippen LogP contribution is 2.26. The number of anilines is 1. The van der Waals surface area contributed by atoms with Gasteiger partial charge in [0.1, 0.15) is 5.82 Å². The van der Waals surface area contributed by atoms with Crippen molar-refractivity contribution in [2.75, 3.05) is 12.3 Å². The van der Waals surface area contributed by atoms with Crippen molar-refractivity contribution < 1.29 is 18.3 Å². The number of carbonyl (C=O) groups excluding carboxylic acids is 1. The number of carbonyl (C=O) groups is 1. The monoisotopic (exact) mass is 356 g/mol. The number of ether oxygens (including phenoxy) is 1. The quantitative estimate of drug-likeness (QED) is 0.664. The lowest BCUT2D eigenvalue weighted by Crippen LogP contribution is -2.12. The van der Waals surface area contributed by atoms with Crippen LogP contribution in [0.15, 0.2) is 6.07 Å². The van der Waals surface area contributed by atoms with Gasteiger partial charge in [0, 0.05) is 5.56 Å². The Morgan fingerprint density at radius 1 is 1.65 bits per heavy atom. The second kappa shape index (κ2) is 6.08. The third-order valence-electron chi connectivity index (χ3n) is 1.97. The van der Waals surface area contributed by atoms with Crippen LogP contribution in [0.2, 0.25) is 0 Å². The first-order chi connectivity index (χ1) is 7.95. The minimum Gasteiger partial charge on any atom is -0.466 e. The van der Waals surface area contributed by atoms with Gasteiger partial charge in [0.15, 0.2) is 0 Å². The summed E-state index contributed by atoms with van der Waals surface area (Å²) in [4.78, 5) is 15.0. The predicted octanol–water partition coefficient (Wildman–Crippen LogP) is 2.31. The smallest absolute Gasteiger partial charge is 0.311 e. The van der Waals surface area contributed by atoms with Gasteiger partial charge in [-0.2, -0.15) is 0 Å². The van der Waals surface area contributed by atoms with Gasteiger partial charge in [-0.3, -0.25) is 4.79 Å². The number of halogens is 3. The molecule has 1 heterocycles. The summed E-state index contributed by atoms with van der Waals surface area (Å²) in [5.74, 6) is -0.461. The second-order valence-electron chi connectivity index (χ2n) is 3.17. The van der Waals surface area contributed by atoms with Crippen molar-refractivity contribution in [3.05, 3.63) is 20.9 Å². The Kier molecular flexibility index (Phi) is 5.03. The van der Waals surface area contributed by atoms with E-state index in [1.807, 2.05) is 22.6 Å². The van der Waals surface area contributed by atoms with Crippen LogP contribution in [0, 0.1) is 3.57 Å². The van der Waals surface area contributed by atoms with E-state index in [1.54, 1.807) is 6.92 Å². The van der Waals surface area contributed by atoms with Gasteiger partial charge in [-0.05, 0) is 35.6 Å². The molecule has 0 unspecified atom stereocenters. The van der Waals surface area contributed by atoms with E-state index in [1.165, 1.54) is 6.07 Å². The molecule has 7 heteroatoms. The maximum atomic E-state index is 12.7. The first-order valence-corrected chi connectivity index (χ1v) is 5.92. The molecule has 0 saturated carbocycles. The van der Waals surface area contributed by atoms with E-state index >= 15 is 0 Å². The Morgan fingerprint density at radius 3 is 2.82 bits per heavy atom. The van der Waals surface area contributed by atoms with Crippen LogP contribution in [0.3, 0.4) is 0 Å². The van der Waals surface area contributed by atoms with Crippen LogP contribution in [0.25, 0.3) is 0 Å². The molecule has 0 bridgehead atoms. The molecule has 0 fully saturated rings. The molecule has 0 aliphatic heterocycles. The van der Waals surface area contributed by atoms with Crippen LogP contribution < -0.4 is 5.73 Å². The number of hydrogen-bond acceptors (Lipinski definition) is 4. The van der Waals surface area contributed by atoms with Gasteiger partial charge in [-0.25, -0.2) is 13.8 Å². The number of aromatic nitrogens is 1. The van der Waals surface area contributed by atoms with Crippen molar-refractivity contribution in [2.24, 2.45) is 0 Å². The fraction of sp³-hybridized carbons (Fsp3) is 0.400. The number of nitrogen functional groups attached to an aromatic ring is 1. The van der Waals surface area contributed by atoms with E-state index in [2.05, 4.69) is 9.72 Å². The summed E-state index contributed by atoms with van der Waals surface area (Å²) < 4.78 is 30.6. The Bertz CT molecular complexity index is 427. The Balaban J connectivity index is 3.04. The van der Waals surface area contributed by atoms with E-state index in [9.17, 15) is 13.6 Å². The van der Waals surface area contributed by atoms with Gasteiger partial charge in [0.05, 0.1) is 22.3 Å². The van der Waals surface area contributed by atoms with Gasteiger partial charge in [0.25, 0.3) is 6.43 Å². The molecule has 0 amide bonds. The molecule has 2 N–H and O–H groups in total. The number of alkyl halides is 2. The number of esters is 1. The molecular weight excluding hydrogens is 345 g/mol. The van der Waals surface area contributed by atoms with E-state index < -0.39 is 12.4 Å². The molecular formula is C10H11F2IN2O2. The minimum atomic E-state index is -2.69. The van der Waals surface area contributed by atoms with Crippen molar-refractivity contribution in [1.29, 1.82) is 0 Å². The lowest BCUT2D eigenvalue weighted by molar-refractivity contribution is -0.142. The van der Waals surface area contributed by atoms with Gasteiger partial charge < -0.3 is 10.5 Å². The van der Waals surface area contributed by atoms with Gasteiger partial charge in [-0.1, -0.05) is 0 Å². The lowest BCUT2D eigenvalue weighted by Gasteiger charge is -2.09. The summed E-state index contributed by atoms with van der Waals surface area (Å²) in [6, 6.07) is 1.24. The number of hydrogen-bond donors (Lipinski definition) is 1. The van der Waals surface area contributed by atoms with E-state index in [-0.39, 0.29) is 30.1 Å². The first kappa shape index (κ1) is 14.1. The fourth-order valence-corrected chi connectivity index (χ4v) is 1.69. The molecule has 4 nitrogen and oxygen atoms in total. The number of nitrogens with two attached hydrogens (primary N) is 1. The highest BCUT2D eigenvalue weighted by Gasteiger charge is 2.19. The van der Waals surface area contributed by atoms with Crippen LogP contribution in [0.1, 0.15) is 24.6 Å². The molecule has 0 aliphatic rings. The maximum absolute atomic E-state index is 12.7. The zero-order valence-electron chi connectivity index (χ0n) is 9.04. The molecule has 1 rings (SSSR count). The fourth-order valence-electron chi connectivity index (χ4n) is 1.24. The average Bonchev–Trinajstić information content (AvgIpc) is 2.23. The summed E-state index contributed by atoms with van der Waals surface area (Å²) in [6.07, 6.45) is -2.99. The predicted molar refractivity (Wildman–Crippen MR) is 66.7 cm³/mol. The molecule has 0 aromatic carbocycles. The highest BCUT2D eigenvalue weighted by atomic mass is 127. The molecule has 1 aromatic heterocycles. The Hall–Kier alpha value is -0.990. The first-order valence-electron chi connectivity index (χ1n) is 4.84. The molecule has 0 radical (unpaired) electrons.